The Morgan fingerprint density at radius 1 is 1.11 bits per heavy atom. The minimum Gasteiger partial charge on any atom is -0.336 e. The molecule has 4 heterocycles. The van der Waals surface area contributed by atoms with Gasteiger partial charge in [-0.15, -0.1) is 0 Å². The zero-order chi connectivity index (χ0) is 18.5. The Morgan fingerprint density at radius 3 is 2.74 bits per heavy atom. The van der Waals surface area contributed by atoms with Crippen LogP contribution in [0.5, 0.6) is 0 Å². The summed E-state index contributed by atoms with van der Waals surface area (Å²) in [6.45, 7) is 1.60. The van der Waals surface area contributed by atoms with Crippen molar-refractivity contribution in [1.82, 2.24) is 29.6 Å². The molecule has 7 nitrogen and oxygen atoms in total. The van der Waals surface area contributed by atoms with Crippen molar-refractivity contribution < 1.29 is 4.79 Å². The van der Waals surface area contributed by atoms with Crippen LogP contribution < -0.4 is 0 Å². The van der Waals surface area contributed by atoms with Gasteiger partial charge in [-0.3, -0.25) is 14.5 Å². The van der Waals surface area contributed by atoms with Crippen LogP contribution in [0.25, 0.3) is 11.4 Å². The summed E-state index contributed by atoms with van der Waals surface area (Å²) >= 11 is 0. The van der Waals surface area contributed by atoms with Gasteiger partial charge in [0.25, 0.3) is 5.91 Å². The molecule has 0 aromatic carbocycles. The van der Waals surface area contributed by atoms with Gasteiger partial charge in [0.15, 0.2) is 5.82 Å². The average molecular weight is 362 g/mol. The summed E-state index contributed by atoms with van der Waals surface area (Å²) < 4.78 is 1.92. The van der Waals surface area contributed by atoms with Gasteiger partial charge in [0, 0.05) is 61.9 Å². The number of hydrogen-bond donors (Lipinski definition) is 0. The number of aromatic nitrogens is 5. The standard InChI is InChI=1S/C20H22N6O/c27-20(17-14-22-19(23-15-17)16-5-3-8-21-13-16)26-11-2-1-6-18(26)7-12-25-10-4-9-24-25/h3-5,8-10,13-15,18H,1-2,6-7,11-12H2/t18-/m0/s1. The van der Waals surface area contributed by atoms with E-state index in [1.807, 2.05) is 34.0 Å². The summed E-state index contributed by atoms with van der Waals surface area (Å²) in [6.07, 6.45) is 14.5. The zero-order valence-corrected chi connectivity index (χ0v) is 15.1. The second kappa shape index (κ2) is 8.07. The minimum atomic E-state index is 0.0119. The van der Waals surface area contributed by atoms with E-state index in [1.54, 1.807) is 31.0 Å². The molecule has 3 aromatic heterocycles. The van der Waals surface area contributed by atoms with Gasteiger partial charge in [-0.2, -0.15) is 5.10 Å². The van der Waals surface area contributed by atoms with Gasteiger partial charge in [0.05, 0.1) is 5.56 Å². The maximum Gasteiger partial charge on any atom is 0.257 e. The topological polar surface area (TPSA) is 76.8 Å². The molecule has 3 aromatic rings. The Balaban J connectivity index is 1.46. The number of aryl methyl sites for hydroxylation is 1. The SMILES string of the molecule is O=C(c1cnc(-c2cccnc2)nc1)N1CCCC[C@H]1CCn1cccn1. The first-order valence-electron chi connectivity index (χ1n) is 9.32. The first-order chi connectivity index (χ1) is 13.3. The third-order valence-corrected chi connectivity index (χ3v) is 4.96. The highest BCUT2D eigenvalue weighted by molar-refractivity contribution is 5.94. The van der Waals surface area contributed by atoms with E-state index in [1.165, 1.54) is 0 Å². The summed E-state index contributed by atoms with van der Waals surface area (Å²) in [4.78, 5) is 27.8. The molecule has 7 heteroatoms. The molecule has 1 atom stereocenters. The number of pyridine rings is 1. The van der Waals surface area contributed by atoms with E-state index in [4.69, 9.17) is 0 Å². The average Bonchev–Trinajstić information content (AvgIpc) is 3.26. The zero-order valence-electron chi connectivity index (χ0n) is 15.1. The van der Waals surface area contributed by atoms with E-state index >= 15 is 0 Å². The van der Waals surface area contributed by atoms with E-state index in [0.717, 1.165) is 44.3 Å². The van der Waals surface area contributed by atoms with Crippen LogP contribution in [0.2, 0.25) is 0 Å². The number of carbonyl (C=O) groups excluding carboxylic acids is 1. The molecule has 1 fully saturated rings. The van der Waals surface area contributed by atoms with Gasteiger partial charge in [-0.25, -0.2) is 9.97 Å². The molecule has 0 aliphatic carbocycles. The Kier molecular flexibility index (Phi) is 5.18. The molecule has 0 N–H and O–H groups in total. The first kappa shape index (κ1) is 17.3. The van der Waals surface area contributed by atoms with Crippen LogP contribution in [-0.4, -0.2) is 48.1 Å². The van der Waals surface area contributed by atoms with Crippen molar-refractivity contribution in [2.45, 2.75) is 38.3 Å². The highest BCUT2D eigenvalue weighted by Crippen LogP contribution is 2.22. The molecular formula is C20H22N6O. The summed E-state index contributed by atoms with van der Waals surface area (Å²) in [5, 5.41) is 4.26. The Bertz CT molecular complexity index is 863. The molecule has 4 rings (SSSR count). The molecule has 138 valence electrons. The number of amides is 1. The Morgan fingerprint density at radius 2 is 2.00 bits per heavy atom. The Hall–Kier alpha value is -3.09. The lowest BCUT2D eigenvalue weighted by Gasteiger charge is -2.35. The van der Waals surface area contributed by atoms with Crippen LogP contribution in [0.3, 0.4) is 0 Å². The number of hydrogen-bond acceptors (Lipinski definition) is 5. The van der Waals surface area contributed by atoms with E-state index < -0.39 is 0 Å². The fraction of sp³-hybridized carbons (Fsp3) is 0.350. The maximum atomic E-state index is 13.0. The smallest absolute Gasteiger partial charge is 0.257 e. The van der Waals surface area contributed by atoms with E-state index in [2.05, 4.69) is 20.1 Å². The van der Waals surface area contributed by atoms with Crippen LogP contribution >= 0.6 is 0 Å². The molecule has 0 radical (unpaired) electrons. The van der Waals surface area contributed by atoms with Gasteiger partial charge < -0.3 is 4.90 Å². The van der Waals surface area contributed by atoms with Crippen molar-refractivity contribution in [3.63, 3.8) is 0 Å². The molecule has 1 aliphatic rings. The van der Waals surface area contributed by atoms with Gasteiger partial charge in [0.2, 0.25) is 0 Å². The van der Waals surface area contributed by atoms with Gasteiger partial charge >= 0.3 is 0 Å². The molecule has 27 heavy (non-hydrogen) atoms. The van der Waals surface area contributed by atoms with E-state index in [-0.39, 0.29) is 11.9 Å². The number of nitrogens with zero attached hydrogens (tertiary/aromatic N) is 6. The van der Waals surface area contributed by atoms with Crippen molar-refractivity contribution in [2.75, 3.05) is 6.54 Å². The van der Waals surface area contributed by atoms with Crippen molar-refractivity contribution >= 4 is 5.91 Å². The molecular weight excluding hydrogens is 340 g/mol. The fourth-order valence-electron chi connectivity index (χ4n) is 3.53. The number of likely N-dealkylation sites (tertiary alicyclic amines) is 1. The highest BCUT2D eigenvalue weighted by Gasteiger charge is 2.27. The summed E-state index contributed by atoms with van der Waals surface area (Å²) in [5.41, 5.74) is 1.38. The third-order valence-electron chi connectivity index (χ3n) is 4.96. The van der Waals surface area contributed by atoms with E-state index in [9.17, 15) is 4.79 Å². The van der Waals surface area contributed by atoms with Crippen molar-refractivity contribution in [2.24, 2.45) is 0 Å². The van der Waals surface area contributed by atoms with Crippen LogP contribution in [0, 0.1) is 0 Å². The summed E-state index contributed by atoms with van der Waals surface area (Å²) in [7, 11) is 0. The van der Waals surface area contributed by atoms with E-state index in [0.29, 0.717) is 11.4 Å². The van der Waals surface area contributed by atoms with Crippen LogP contribution in [0.1, 0.15) is 36.0 Å². The molecule has 1 aliphatic heterocycles. The quantitative estimate of drug-likeness (QED) is 0.697. The minimum absolute atomic E-state index is 0.0119. The fourth-order valence-corrected chi connectivity index (χ4v) is 3.53. The van der Waals surface area contributed by atoms with Crippen LogP contribution in [-0.2, 0) is 6.54 Å². The number of piperidine rings is 1. The normalized spacial score (nSPS) is 17.0. The molecule has 0 bridgehead atoms. The largest absolute Gasteiger partial charge is 0.336 e. The Labute approximate surface area is 158 Å². The van der Waals surface area contributed by atoms with Crippen molar-refractivity contribution in [1.29, 1.82) is 0 Å². The first-order valence-corrected chi connectivity index (χ1v) is 9.32. The molecule has 0 saturated carbocycles. The second-order valence-corrected chi connectivity index (χ2v) is 6.74. The summed E-state index contributed by atoms with van der Waals surface area (Å²) in [5.74, 6) is 0.589. The molecule has 1 amide bonds. The van der Waals surface area contributed by atoms with Gasteiger partial charge in [0.1, 0.15) is 0 Å². The predicted molar refractivity (Wildman–Crippen MR) is 101 cm³/mol. The van der Waals surface area contributed by atoms with Gasteiger partial charge in [-0.05, 0) is 43.9 Å². The molecule has 0 unspecified atom stereocenters. The van der Waals surface area contributed by atoms with Crippen molar-refractivity contribution in [3.05, 3.63) is 60.9 Å². The predicted octanol–water partition coefficient (Wildman–Crippen LogP) is 2.82. The third kappa shape index (κ3) is 4.02. The number of carbonyl (C=O) groups is 1. The molecule has 1 saturated heterocycles. The lowest BCUT2D eigenvalue weighted by Crippen LogP contribution is -2.44. The van der Waals surface area contributed by atoms with Crippen molar-refractivity contribution in [3.8, 4) is 11.4 Å². The highest BCUT2D eigenvalue weighted by atomic mass is 16.2. The van der Waals surface area contributed by atoms with Crippen LogP contribution in [0.4, 0.5) is 0 Å². The monoisotopic (exact) mass is 362 g/mol. The summed E-state index contributed by atoms with van der Waals surface area (Å²) in [6, 6.07) is 5.90. The van der Waals surface area contributed by atoms with Gasteiger partial charge in [-0.1, -0.05) is 0 Å². The number of rotatable bonds is 5. The lowest BCUT2D eigenvalue weighted by molar-refractivity contribution is 0.0593. The van der Waals surface area contributed by atoms with Crippen LogP contribution in [0.15, 0.2) is 55.4 Å². The maximum absolute atomic E-state index is 13.0. The second-order valence-electron chi connectivity index (χ2n) is 6.74. The molecule has 0 spiro atoms. The lowest BCUT2D eigenvalue weighted by atomic mass is 9.98.